The SMILES string of the molecule is CCN(Cc1csc(CCN)n1)CC1CCC1. The molecule has 0 saturated heterocycles. The normalized spacial score (nSPS) is 16.4. The summed E-state index contributed by atoms with van der Waals surface area (Å²) in [5.74, 6) is 0.942. The molecule has 1 aromatic rings. The summed E-state index contributed by atoms with van der Waals surface area (Å²) in [7, 11) is 0. The number of hydrogen-bond acceptors (Lipinski definition) is 4. The largest absolute Gasteiger partial charge is 0.330 e. The lowest BCUT2D eigenvalue weighted by Gasteiger charge is -2.31. The number of thiazole rings is 1. The Morgan fingerprint density at radius 2 is 2.35 bits per heavy atom. The van der Waals surface area contributed by atoms with Crippen molar-refractivity contribution in [2.45, 2.75) is 39.2 Å². The van der Waals surface area contributed by atoms with Crippen molar-refractivity contribution < 1.29 is 0 Å². The Labute approximate surface area is 108 Å². The van der Waals surface area contributed by atoms with Gasteiger partial charge in [-0.25, -0.2) is 4.98 Å². The summed E-state index contributed by atoms with van der Waals surface area (Å²) in [5.41, 5.74) is 6.77. The van der Waals surface area contributed by atoms with Crippen molar-refractivity contribution >= 4 is 11.3 Å². The van der Waals surface area contributed by atoms with Gasteiger partial charge in [-0.1, -0.05) is 13.3 Å². The van der Waals surface area contributed by atoms with Crippen molar-refractivity contribution in [3.63, 3.8) is 0 Å². The van der Waals surface area contributed by atoms with Crippen LogP contribution in [0.1, 0.15) is 36.9 Å². The van der Waals surface area contributed by atoms with E-state index >= 15 is 0 Å². The molecule has 2 N–H and O–H groups in total. The topological polar surface area (TPSA) is 42.1 Å². The average Bonchev–Trinajstić information content (AvgIpc) is 2.70. The lowest BCUT2D eigenvalue weighted by molar-refractivity contribution is 0.177. The van der Waals surface area contributed by atoms with E-state index in [1.165, 1.54) is 36.5 Å². The van der Waals surface area contributed by atoms with Crippen LogP contribution in [0.25, 0.3) is 0 Å². The number of nitrogens with two attached hydrogens (primary N) is 1. The monoisotopic (exact) mass is 253 g/mol. The Bertz CT molecular complexity index is 333. The van der Waals surface area contributed by atoms with Gasteiger partial charge >= 0.3 is 0 Å². The van der Waals surface area contributed by atoms with Gasteiger partial charge in [-0.05, 0) is 31.8 Å². The van der Waals surface area contributed by atoms with E-state index in [0.29, 0.717) is 6.54 Å². The van der Waals surface area contributed by atoms with Gasteiger partial charge in [0.25, 0.3) is 0 Å². The van der Waals surface area contributed by atoms with Crippen LogP contribution in [0.4, 0.5) is 0 Å². The van der Waals surface area contributed by atoms with E-state index in [9.17, 15) is 0 Å². The van der Waals surface area contributed by atoms with Crippen LogP contribution in [-0.2, 0) is 13.0 Å². The van der Waals surface area contributed by atoms with Crippen molar-refractivity contribution in [3.05, 3.63) is 16.1 Å². The lowest BCUT2D eigenvalue weighted by atomic mass is 9.85. The smallest absolute Gasteiger partial charge is 0.0941 e. The molecule has 17 heavy (non-hydrogen) atoms. The molecule has 1 heterocycles. The molecule has 1 aromatic heterocycles. The van der Waals surface area contributed by atoms with E-state index in [2.05, 4.69) is 22.2 Å². The van der Waals surface area contributed by atoms with Crippen molar-refractivity contribution in [1.29, 1.82) is 0 Å². The fourth-order valence-electron chi connectivity index (χ4n) is 2.23. The molecule has 0 aromatic carbocycles. The Morgan fingerprint density at radius 1 is 1.53 bits per heavy atom. The van der Waals surface area contributed by atoms with Crippen LogP contribution in [0.5, 0.6) is 0 Å². The van der Waals surface area contributed by atoms with E-state index in [4.69, 9.17) is 5.73 Å². The number of hydrogen-bond donors (Lipinski definition) is 1. The molecule has 0 unspecified atom stereocenters. The third-order valence-corrected chi connectivity index (χ3v) is 4.49. The molecule has 0 spiro atoms. The van der Waals surface area contributed by atoms with Gasteiger partial charge in [-0.3, -0.25) is 4.90 Å². The Morgan fingerprint density at radius 3 is 2.94 bits per heavy atom. The Hall–Kier alpha value is -0.450. The molecule has 1 saturated carbocycles. The molecule has 3 nitrogen and oxygen atoms in total. The van der Waals surface area contributed by atoms with Gasteiger partial charge in [0.05, 0.1) is 10.7 Å². The predicted molar refractivity (Wildman–Crippen MR) is 73.2 cm³/mol. The fraction of sp³-hybridized carbons (Fsp3) is 0.769. The van der Waals surface area contributed by atoms with E-state index in [0.717, 1.165) is 25.4 Å². The van der Waals surface area contributed by atoms with E-state index < -0.39 is 0 Å². The van der Waals surface area contributed by atoms with Crippen LogP contribution >= 0.6 is 11.3 Å². The minimum absolute atomic E-state index is 0.701. The summed E-state index contributed by atoms with van der Waals surface area (Å²) < 4.78 is 0. The van der Waals surface area contributed by atoms with E-state index in [-0.39, 0.29) is 0 Å². The number of nitrogens with zero attached hydrogens (tertiary/aromatic N) is 2. The highest BCUT2D eigenvalue weighted by atomic mass is 32.1. The minimum atomic E-state index is 0.701. The molecule has 2 rings (SSSR count). The maximum absolute atomic E-state index is 5.54. The molecule has 0 amide bonds. The Balaban J connectivity index is 1.83. The predicted octanol–water partition coefficient (Wildman–Crippen LogP) is 2.27. The van der Waals surface area contributed by atoms with Gasteiger partial charge in [0.1, 0.15) is 0 Å². The quantitative estimate of drug-likeness (QED) is 0.810. The molecule has 1 fully saturated rings. The lowest BCUT2D eigenvalue weighted by Crippen LogP contribution is -2.32. The highest BCUT2D eigenvalue weighted by molar-refractivity contribution is 7.09. The number of aromatic nitrogens is 1. The first kappa shape index (κ1) is 13.0. The van der Waals surface area contributed by atoms with Crippen molar-refractivity contribution in [3.8, 4) is 0 Å². The van der Waals surface area contributed by atoms with Crippen LogP contribution in [0, 0.1) is 5.92 Å². The standard InChI is InChI=1S/C13H23N3S/c1-2-16(8-11-4-3-5-11)9-12-10-17-13(15-12)6-7-14/h10-11H,2-9,14H2,1H3. The zero-order valence-corrected chi connectivity index (χ0v) is 11.5. The molecule has 1 aliphatic carbocycles. The van der Waals surface area contributed by atoms with Gasteiger partial charge in [0.15, 0.2) is 0 Å². The van der Waals surface area contributed by atoms with Crippen molar-refractivity contribution in [2.24, 2.45) is 11.7 Å². The maximum Gasteiger partial charge on any atom is 0.0941 e. The molecule has 0 radical (unpaired) electrons. The van der Waals surface area contributed by atoms with Gasteiger partial charge in [-0.15, -0.1) is 11.3 Å². The van der Waals surface area contributed by atoms with Gasteiger partial charge in [0, 0.05) is 24.9 Å². The minimum Gasteiger partial charge on any atom is -0.330 e. The van der Waals surface area contributed by atoms with Crippen LogP contribution in [0.15, 0.2) is 5.38 Å². The summed E-state index contributed by atoms with van der Waals surface area (Å²) >= 11 is 1.75. The van der Waals surface area contributed by atoms with Crippen LogP contribution in [0.3, 0.4) is 0 Å². The molecule has 0 aliphatic heterocycles. The van der Waals surface area contributed by atoms with Gasteiger partial charge in [0.2, 0.25) is 0 Å². The second kappa shape index (κ2) is 6.47. The summed E-state index contributed by atoms with van der Waals surface area (Å²) in [6, 6.07) is 0. The average molecular weight is 253 g/mol. The first-order chi connectivity index (χ1) is 8.31. The zero-order valence-electron chi connectivity index (χ0n) is 10.7. The summed E-state index contributed by atoms with van der Waals surface area (Å²) in [6.45, 7) is 6.33. The second-order valence-corrected chi connectivity index (χ2v) is 5.84. The fourth-order valence-corrected chi connectivity index (χ4v) is 3.04. The zero-order chi connectivity index (χ0) is 12.1. The highest BCUT2D eigenvalue weighted by Gasteiger charge is 2.20. The first-order valence-electron chi connectivity index (χ1n) is 6.67. The molecule has 96 valence electrons. The third-order valence-electron chi connectivity index (χ3n) is 3.53. The summed E-state index contributed by atoms with van der Waals surface area (Å²) in [4.78, 5) is 7.15. The molecule has 1 aliphatic rings. The summed E-state index contributed by atoms with van der Waals surface area (Å²) in [5, 5.41) is 3.37. The second-order valence-electron chi connectivity index (χ2n) is 4.90. The first-order valence-corrected chi connectivity index (χ1v) is 7.55. The van der Waals surface area contributed by atoms with Gasteiger partial charge in [-0.2, -0.15) is 0 Å². The van der Waals surface area contributed by atoms with Crippen molar-refractivity contribution in [1.82, 2.24) is 9.88 Å². The van der Waals surface area contributed by atoms with Crippen molar-refractivity contribution in [2.75, 3.05) is 19.6 Å². The Kier molecular flexibility index (Phi) is 4.95. The summed E-state index contributed by atoms with van der Waals surface area (Å²) in [6.07, 6.45) is 5.19. The highest BCUT2D eigenvalue weighted by Crippen LogP contribution is 2.27. The van der Waals surface area contributed by atoms with Crippen LogP contribution < -0.4 is 5.73 Å². The van der Waals surface area contributed by atoms with Crippen LogP contribution in [-0.4, -0.2) is 29.5 Å². The molecule has 0 bridgehead atoms. The molecule has 4 heteroatoms. The van der Waals surface area contributed by atoms with Crippen LogP contribution in [0.2, 0.25) is 0 Å². The third kappa shape index (κ3) is 3.76. The maximum atomic E-state index is 5.54. The van der Waals surface area contributed by atoms with Gasteiger partial charge < -0.3 is 5.73 Å². The van der Waals surface area contributed by atoms with E-state index in [1.54, 1.807) is 11.3 Å². The molecular weight excluding hydrogens is 230 g/mol. The number of rotatable bonds is 7. The molecular formula is C13H23N3S. The van der Waals surface area contributed by atoms with E-state index in [1.807, 2.05) is 0 Å². The molecule has 0 atom stereocenters.